The van der Waals surface area contributed by atoms with Crippen molar-refractivity contribution in [2.75, 3.05) is 13.1 Å². The monoisotopic (exact) mass is 313 g/mol. The molecule has 5 nitrogen and oxygen atoms in total. The molecule has 1 heterocycles. The van der Waals surface area contributed by atoms with E-state index in [0.717, 1.165) is 13.1 Å². The average Bonchev–Trinajstić information content (AvgIpc) is 3.07. The third-order valence-electron chi connectivity index (χ3n) is 3.26. The van der Waals surface area contributed by atoms with Crippen LogP contribution in [0.25, 0.3) is 0 Å². The minimum atomic E-state index is -0.351. The van der Waals surface area contributed by atoms with E-state index in [2.05, 4.69) is 20.2 Å². The molecule has 120 valence electrons. The van der Waals surface area contributed by atoms with Crippen LogP contribution in [0, 0.1) is 17.1 Å². The highest BCUT2D eigenvalue weighted by molar-refractivity contribution is 5.79. The quantitative estimate of drug-likeness (QED) is 0.635. The predicted molar refractivity (Wildman–Crippen MR) is 88.4 cm³/mol. The zero-order chi connectivity index (χ0) is 16.5. The molecule has 1 aromatic carbocycles. The Bertz CT molecular complexity index is 686. The fraction of sp³-hybridized carbons (Fsp3) is 0.294. The van der Waals surface area contributed by atoms with Crippen LogP contribution in [0.1, 0.15) is 18.1 Å². The minimum absolute atomic E-state index is 0.181. The second-order valence-corrected chi connectivity index (χ2v) is 4.96. The number of nitrogens with one attached hydrogen (secondary N) is 2. The van der Waals surface area contributed by atoms with Gasteiger partial charge in [-0.05, 0) is 37.3 Å². The molecular formula is C17H20FN5. The van der Waals surface area contributed by atoms with E-state index in [4.69, 9.17) is 5.26 Å². The molecule has 2 N–H and O–H groups in total. The Kier molecular flexibility index (Phi) is 6.18. The van der Waals surface area contributed by atoms with Crippen LogP contribution < -0.4 is 10.6 Å². The molecule has 0 unspecified atom stereocenters. The van der Waals surface area contributed by atoms with E-state index in [1.807, 2.05) is 37.5 Å². The summed E-state index contributed by atoms with van der Waals surface area (Å²) < 4.78 is 15.8. The molecule has 0 bridgehead atoms. The Morgan fingerprint density at radius 2 is 2.09 bits per heavy atom. The number of hydrogen-bond donors (Lipinski definition) is 2. The van der Waals surface area contributed by atoms with Crippen molar-refractivity contribution in [3.8, 4) is 6.07 Å². The molecule has 0 amide bonds. The Balaban J connectivity index is 1.96. The molecule has 6 heteroatoms. The first-order chi connectivity index (χ1) is 11.2. The van der Waals surface area contributed by atoms with E-state index < -0.39 is 0 Å². The first-order valence-electron chi connectivity index (χ1n) is 7.54. The number of guanidine groups is 1. The first-order valence-corrected chi connectivity index (χ1v) is 7.54. The van der Waals surface area contributed by atoms with Gasteiger partial charge in [0, 0.05) is 37.6 Å². The summed E-state index contributed by atoms with van der Waals surface area (Å²) >= 11 is 0. The molecule has 0 spiro atoms. The molecule has 0 aliphatic rings. The number of nitrogens with zero attached hydrogens (tertiary/aromatic N) is 3. The van der Waals surface area contributed by atoms with Crippen LogP contribution in [-0.2, 0) is 13.1 Å². The van der Waals surface area contributed by atoms with Crippen LogP contribution in [0.5, 0.6) is 0 Å². The number of benzene rings is 1. The van der Waals surface area contributed by atoms with Gasteiger partial charge in [0.05, 0.1) is 18.2 Å². The molecular weight excluding hydrogens is 293 g/mol. The molecule has 0 fully saturated rings. The van der Waals surface area contributed by atoms with Crippen molar-refractivity contribution in [3.05, 3.63) is 59.7 Å². The van der Waals surface area contributed by atoms with E-state index in [9.17, 15) is 4.39 Å². The molecule has 0 atom stereocenters. The van der Waals surface area contributed by atoms with Crippen LogP contribution in [0.15, 0.2) is 47.7 Å². The lowest BCUT2D eigenvalue weighted by Gasteiger charge is -2.12. The summed E-state index contributed by atoms with van der Waals surface area (Å²) in [6.07, 6.45) is 3.99. The van der Waals surface area contributed by atoms with E-state index in [1.165, 1.54) is 18.2 Å². The lowest BCUT2D eigenvalue weighted by Crippen LogP contribution is -2.38. The first kappa shape index (κ1) is 16.6. The summed E-state index contributed by atoms with van der Waals surface area (Å²) in [4.78, 5) is 4.37. The van der Waals surface area contributed by atoms with E-state index in [1.54, 1.807) is 0 Å². The summed E-state index contributed by atoms with van der Waals surface area (Å²) in [5.74, 6) is 0.275. The Hall–Kier alpha value is -2.81. The largest absolute Gasteiger partial charge is 0.357 e. The van der Waals surface area contributed by atoms with Gasteiger partial charge >= 0.3 is 0 Å². The number of aliphatic imine (C=N–C) groups is 1. The number of hydrogen-bond acceptors (Lipinski definition) is 2. The maximum atomic E-state index is 13.8. The maximum Gasteiger partial charge on any atom is 0.191 e. The Morgan fingerprint density at radius 3 is 2.78 bits per heavy atom. The molecule has 2 aromatic rings. The highest BCUT2D eigenvalue weighted by Crippen LogP contribution is 2.11. The zero-order valence-electron chi connectivity index (χ0n) is 13.1. The Labute approximate surface area is 135 Å². The fourth-order valence-corrected chi connectivity index (χ4v) is 2.09. The number of aromatic nitrogens is 1. The summed E-state index contributed by atoms with van der Waals surface area (Å²) in [5.41, 5.74) is 0.842. The molecule has 0 aliphatic carbocycles. The van der Waals surface area contributed by atoms with Gasteiger partial charge in [-0.15, -0.1) is 0 Å². The van der Waals surface area contributed by atoms with Gasteiger partial charge in [-0.1, -0.05) is 0 Å². The van der Waals surface area contributed by atoms with Gasteiger partial charge < -0.3 is 15.2 Å². The van der Waals surface area contributed by atoms with Gasteiger partial charge in [-0.25, -0.2) is 9.38 Å². The summed E-state index contributed by atoms with van der Waals surface area (Å²) in [7, 11) is 0. The van der Waals surface area contributed by atoms with Gasteiger partial charge in [0.25, 0.3) is 0 Å². The highest BCUT2D eigenvalue weighted by Gasteiger charge is 2.04. The number of nitriles is 1. The van der Waals surface area contributed by atoms with Crippen molar-refractivity contribution in [1.29, 1.82) is 5.26 Å². The summed E-state index contributed by atoms with van der Waals surface area (Å²) in [6.45, 7) is 4.40. The Morgan fingerprint density at radius 1 is 1.30 bits per heavy atom. The molecule has 1 aromatic heterocycles. The number of rotatable bonds is 6. The minimum Gasteiger partial charge on any atom is -0.357 e. The average molecular weight is 313 g/mol. The van der Waals surface area contributed by atoms with Gasteiger partial charge in [0.1, 0.15) is 5.82 Å². The topological polar surface area (TPSA) is 65.1 Å². The van der Waals surface area contributed by atoms with E-state index >= 15 is 0 Å². The molecule has 23 heavy (non-hydrogen) atoms. The lowest BCUT2D eigenvalue weighted by atomic mass is 10.1. The lowest BCUT2D eigenvalue weighted by molar-refractivity contribution is 0.609. The van der Waals surface area contributed by atoms with Crippen molar-refractivity contribution in [2.24, 2.45) is 4.99 Å². The standard InChI is InChI=1S/C17H20FN5/c1-2-20-17(21-7-10-23-8-3-4-9-23)22-13-15-11-14(12-19)5-6-16(15)18/h3-6,8-9,11H,2,7,10,13H2,1H3,(H2,20,21,22). The van der Waals surface area contributed by atoms with Crippen LogP contribution in [-0.4, -0.2) is 23.6 Å². The molecule has 2 rings (SSSR count). The van der Waals surface area contributed by atoms with Gasteiger partial charge in [-0.2, -0.15) is 5.26 Å². The summed E-state index contributed by atoms with van der Waals surface area (Å²) in [5, 5.41) is 15.2. The second kappa shape index (κ2) is 8.59. The third kappa shape index (κ3) is 5.15. The van der Waals surface area contributed by atoms with Crippen molar-refractivity contribution < 1.29 is 4.39 Å². The maximum absolute atomic E-state index is 13.8. The van der Waals surface area contributed by atoms with Crippen LogP contribution in [0.3, 0.4) is 0 Å². The van der Waals surface area contributed by atoms with E-state index in [-0.39, 0.29) is 12.4 Å². The second-order valence-electron chi connectivity index (χ2n) is 4.96. The van der Waals surface area contributed by atoms with Crippen LogP contribution in [0.4, 0.5) is 4.39 Å². The fourth-order valence-electron chi connectivity index (χ4n) is 2.09. The van der Waals surface area contributed by atoms with Gasteiger partial charge in [-0.3, -0.25) is 0 Å². The molecule has 0 saturated carbocycles. The third-order valence-corrected chi connectivity index (χ3v) is 3.26. The van der Waals surface area contributed by atoms with E-state index in [0.29, 0.717) is 23.6 Å². The van der Waals surface area contributed by atoms with Gasteiger partial charge in [0.2, 0.25) is 0 Å². The van der Waals surface area contributed by atoms with Crippen molar-refractivity contribution in [2.45, 2.75) is 20.0 Å². The zero-order valence-corrected chi connectivity index (χ0v) is 13.1. The smallest absolute Gasteiger partial charge is 0.191 e. The summed E-state index contributed by atoms with van der Waals surface area (Å²) in [6, 6.07) is 10.3. The normalized spacial score (nSPS) is 11.1. The molecule has 0 saturated heterocycles. The molecule has 0 aliphatic heterocycles. The SMILES string of the molecule is CCNC(=NCc1cc(C#N)ccc1F)NCCn1cccc1. The van der Waals surface area contributed by atoms with Crippen molar-refractivity contribution >= 4 is 5.96 Å². The van der Waals surface area contributed by atoms with Crippen molar-refractivity contribution in [3.63, 3.8) is 0 Å². The predicted octanol–water partition coefficient (Wildman–Crippen LogP) is 2.25. The van der Waals surface area contributed by atoms with Gasteiger partial charge in [0.15, 0.2) is 5.96 Å². The highest BCUT2D eigenvalue weighted by atomic mass is 19.1. The van der Waals surface area contributed by atoms with Crippen molar-refractivity contribution in [1.82, 2.24) is 15.2 Å². The molecule has 0 radical (unpaired) electrons. The van der Waals surface area contributed by atoms with Crippen LogP contribution in [0.2, 0.25) is 0 Å². The number of halogens is 1. The van der Waals surface area contributed by atoms with Crippen LogP contribution >= 0.6 is 0 Å².